The molecule has 2 heterocycles. The zero-order chi connectivity index (χ0) is 14.2. The third-order valence-electron chi connectivity index (χ3n) is 4.61. The lowest BCUT2D eigenvalue weighted by Crippen LogP contribution is -2.27. The van der Waals surface area contributed by atoms with Crippen LogP contribution in [0.1, 0.15) is 5.56 Å². The quantitative estimate of drug-likeness (QED) is 0.939. The molecule has 3 nitrogen and oxygen atoms in total. The van der Waals surface area contributed by atoms with Gasteiger partial charge in [0.1, 0.15) is 0 Å². The number of hydrogen-bond donors (Lipinski definition) is 1. The fourth-order valence-electron chi connectivity index (χ4n) is 3.47. The summed E-state index contributed by atoms with van der Waals surface area (Å²) in [5.41, 5.74) is 2.42. The number of nitrogens with zero attached hydrogens (tertiary/aromatic N) is 2. The summed E-state index contributed by atoms with van der Waals surface area (Å²) in [6.45, 7) is 3.43. The molecule has 0 radical (unpaired) electrons. The summed E-state index contributed by atoms with van der Waals surface area (Å²) in [7, 11) is 0. The predicted octanol–water partition coefficient (Wildman–Crippen LogP) is 3.28. The van der Waals surface area contributed by atoms with Crippen molar-refractivity contribution in [2.24, 2.45) is 11.8 Å². The zero-order valence-electron chi connectivity index (χ0n) is 11.7. The van der Waals surface area contributed by atoms with Crippen LogP contribution in [0.15, 0.2) is 48.8 Å². The Bertz CT molecular complexity index is 619. The van der Waals surface area contributed by atoms with Gasteiger partial charge in [0.25, 0.3) is 0 Å². The molecule has 2 aliphatic rings. The average molecular weight is 300 g/mol. The molecule has 1 aromatic heterocycles. The molecule has 2 atom stereocenters. The molecule has 0 bridgehead atoms. The number of benzene rings is 1. The maximum absolute atomic E-state index is 6.15. The van der Waals surface area contributed by atoms with E-state index in [1.54, 1.807) is 12.4 Å². The highest BCUT2D eigenvalue weighted by molar-refractivity contribution is 6.33. The van der Waals surface area contributed by atoms with Crippen LogP contribution in [-0.2, 0) is 6.54 Å². The predicted molar refractivity (Wildman–Crippen MR) is 85.4 cm³/mol. The Morgan fingerprint density at radius 1 is 1.14 bits per heavy atom. The molecule has 21 heavy (non-hydrogen) atoms. The Morgan fingerprint density at radius 2 is 1.90 bits per heavy atom. The van der Waals surface area contributed by atoms with Crippen LogP contribution in [0.25, 0.3) is 0 Å². The molecule has 4 heteroatoms. The average Bonchev–Trinajstić information content (AvgIpc) is 2.94. The van der Waals surface area contributed by atoms with Crippen molar-refractivity contribution in [1.82, 2.24) is 9.88 Å². The summed E-state index contributed by atoms with van der Waals surface area (Å²) in [6, 6.07) is 13.2. The Balaban J connectivity index is 1.33. The second-order valence-electron chi connectivity index (χ2n) is 6.03. The van der Waals surface area contributed by atoms with Crippen LogP contribution in [0.2, 0.25) is 5.02 Å². The van der Waals surface area contributed by atoms with E-state index >= 15 is 0 Å². The summed E-state index contributed by atoms with van der Waals surface area (Å²) < 4.78 is 0. The lowest BCUT2D eigenvalue weighted by atomic mass is 10.2. The number of hydrogen-bond acceptors (Lipinski definition) is 3. The number of pyridine rings is 1. The van der Waals surface area contributed by atoms with E-state index in [1.165, 1.54) is 18.7 Å². The van der Waals surface area contributed by atoms with E-state index < -0.39 is 0 Å². The Labute approximate surface area is 129 Å². The normalized spacial score (nSPS) is 27.4. The molecule has 2 unspecified atom stereocenters. The highest BCUT2D eigenvalue weighted by Gasteiger charge is 2.55. The van der Waals surface area contributed by atoms with Gasteiger partial charge in [-0.3, -0.25) is 9.88 Å². The first-order valence-corrected chi connectivity index (χ1v) is 7.81. The molecule has 4 rings (SSSR count). The van der Waals surface area contributed by atoms with E-state index in [9.17, 15) is 0 Å². The molecule has 1 aliphatic heterocycles. The minimum absolute atomic E-state index is 0.580. The number of halogens is 1. The topological polar surface area (TPSA) is 28.2 Å². The first kappa shape index (κ1) is 13.1. The third-order valence-corrected chi connectivity index (χ3v) is 4.91. The number of aromatic nitrogens is 1. The van der Waals surface area contributed by atoms with Crippen molar-refractivity contribution >= 4 is 17.3 Å². The number of nitrogens with one attached hydrogen (secondary N) is 1. The summed E-state index contributed by atoms with van der Waals surface area (Å²) in [5.74, 6) is 1.52. The highest BCUT2D eigenvalue weighted by Crippen LogP contribution is 2.48. The number of likely N-dealkylation sites (tertiary alicyclic amines) is 1. The Morgan fingerprint density at radius 3 is 2.62 bits per heavy atom. The van der Waals surface area contributed by atoms with Gasteiger partial charge >= 0.3 is 0 Å². The van der Waals surface area contributed by atoms with Crippen molar-refractivity contribution in [2.75, 3.05) is 18.4 Å². The molecule has 1 saturated heterocycles. The molecular formula is C17H18ClN3. The molecule has 2 aromatic rings. The zero-order valence-corrected chi connectivity index (χ0v) is 12.5. The van der Waals surface area contributed by atoms with Gasteiger partial charge in [-0.25, -0.2) is 0 Å². The minimum Gasteiger partial charge on any atom is -0.380 e. The monoisotopic (exact) mass is 299 g/mol. The number of fused-ring (bicyclic) bond motifs is 1. The maximum Gasteiger partial charge on any atom is 0.0820 e. The van der Waals surface area contributed by atoms with Crippen molar-refractivity contribution in [1.29, 1.82) is 0 Å². The van der Waals surface area contributed by atoms with Gasteiger partial charge in [0.05, 0.1) is 10.7 Å². The van der Waals surface area contributed by atoms with Crippen LogP contribution < -0.4 is 5.32 Å². The second-order valence-corrected chi connectivity index (χ2v) is 6.44. The van der Waals surface area contributed by atoms with E-state index in [0.717, 1.165) is 24.1 Å². The van der Waals surface area contributed by atoms with Crippen LogP contribution in [-0.4, -0.2) is 29.0 Å². The number of piperidine rings is 1. The smallest absolute Gasteiger partial charge is 0.0820 e. The van der Waals surface area contributed by atoms with Crippen LogP contribution in [0, 0.1) is 11.8 Å². The summed E-state index contributed by atoms with van der Waals surface area (Å²) in [4.78, 5) is 6.58. The van der Waals surface area contributed by atoms with Gasteiger partial charge in [0.15, 0.2) is 0 Å². The lowest BCUT2D eigenvalue weighted by molar-refractivity contribution is 0.293. The molecule has 1 aliphatic carbocycles. The summed E-state index contributed by atoms with van der Waals surface area (Å²) in [6.07, 6.45) is 3.48. The minimum atomic E-state index is 0.580. The Hall–Kier alpha value is -1.58. The van der Waals surface area contributed by atoms with E-state index in [1.807, 2.05) is 6.07 Å². The van der Waals surface area contributed by atoms with E-state index in [2.05, 4.69) is 45.5 Å². The van der Waals surface area contributed by atoms with Crippen LogP contribution >= 0.6 is 11.6 Å². The van der Waals surface area contributed by atoms with E-state index in [0.29, 0.717) is 11.1 Å². The SMILES string of the molecule is Clc1cnccc1NC1C2CN(Cc3ccccc3)CC21. The lowest BCUT2D eigenvalue weighted by Gasteiger charge is -2.20. The molecule has 1 saturated carbocycles. The van der Waals surface area contributed by atoms with E-state index in [4.69, 9.17) is 11.6 Å². The van der Waals surface area contributed by atoms with Gasteiger partial charge < -0.3 is 5.32 Å². The maximum atomic E-state index is 6.15. The summed E-state index contributed by atoms with van der Waals surface area (Å²) in [5, 5.41) is 4.28. The van der Waals surface area contributed by atoms with Gasteiger partial charge in [-0.2, -0.15) is 0 Å². The van der Waals surface area contributed by atoms with Crippen LogP contribution in [0.3, 0.4) is 0 Å². The van der Waals surface area contributed by atoms with E-state index in [-0.39, 0.29) is 0 Å². The fraction of sp³-hybridized carbons (Fsp3) is 0.353. The van der Waals surface area contributed by atoms with Gasteiger partial charge in [-0.1, -0.05) is 41.9 Å². The van der Waals surface area contributed by atoms with Gasteiger partial charge in [-0.15, -0.1) is 0 Å². The third kappa shape index (κ3) is 2.63. The second kappa shape index (κ2) is 5.32. The van der Waals surface area contributed by atoms with Crippen molar-refractivity contribution in [3.05, 3.63) is 59.4 Å². The molecule has 0 spiro atoms. The molecule has 2 fully saturated rings. The van der Waals surface area contributed by atoms with Crippen LogP contribution in [0.4, 0.5) is 5.69 Å². The molecular weight excluding hydrogens is 282 g/mol. The molecule has 108 valence electrons. The number of rotatable bonds is 4. The largest absolute Gasteiger partial charge is 0.380 e. The van der Waals surface area contributed by atoms with Gasteiger partial charge in [-0.05, 0) is 23.5 Å². The molecule has 0 amide bonds. The molecule has 1 aromatic carbocycles. The van der Waals surface area contributed by atoms with Crippen LogP contribution in [0.5, 0.6) is 0 Å². The Kier molecular flexibility index (Phi) is 3.32. The first-order valence-electron chi connectivity index (χ1n) is 7.43. The highest BCUT2D eigenvalue weighted by atomic mass is 35.5. The summed E-state index contributed by atoms with van der Waals surface area (Å²) >= 11 is 6.15. The van der Waals surface area contributed by atoms with Crippen molar-refractivity contribution in [3.8, 4) is 0 Å². The van der Waals surface area contributed by atoms with Crippen molar-refractivity contribution < 1.29 is 0 Å². The van der Waals surface area contributed by atoms with Gasteiger partial charge in [0.2, 0.25) is 0 Å². The van der Waals surface area contributed by atoms with Crippen molar-refractivity contribution in [3.63, 3.8) is 0 Å². The van der Waals surface area contributed by atoms with Crippen molar-refractivity contribution in [2.45, 2.75) is 12.6 Å². The fourth-order valence-corrected chi connectivity index (χ4v) is 3.64. The number of anilines is 1. The standard InChI is InChI=1S/C17H18ClN3/c18-15-8-19-7-6-16(15)20-17-13-10-21(11-14(13)17)9-12-4-2-1-3-5-12/h1-8,13-14,17H,9-11H2,(H,19,20). The first-order chi connectivity index (χ1) is 10.3. The van der Waals surface area contributed by atoms with Gasteiger partial charge in [0, 0.05) is 38.1 Å². The molecule has 1 N–H and O–H groups in total.